The van der Waals surface area contributed by atoms with Crippen molar-refractivity contribution in [1.82, 2.24) is 4.57 Å². The summed E-state index contributed by atoms with van der Waals surface area (Å²) in [4.78, 5) is 32.9. The first-order valence-electron chi connectivity index (χ1n) is 4.11. The van der Waals surface area contributed by atoms with Gasteiger partial charge in [0.05, 0.1) is 12.7 Å². The van der Waals surface area contributed by atoms with Crippen LogP contribution in [0.5, 0.6) is 0 Å². The van der Waals surface area contributed by atoms with Crippen LogP contribution in [-0.4, -0.2) is 23.6 Å². The molecule has 0 atom stereocenters. The van der Waals surface area contributed by atoms with Crippen molar-refractivity contribution in [2.45, 2.75) is 6.54 Å². The van der Waals surface area contributed by atoms with Crippen LogP contribution in [0.4, 0.5) is 0 Å². The van der Waals surface area contributed by atoms with E-state index in [2.05, 4.69) is 4.74 Å². The highest BCUT2D eigenvalue weighted by Gasteiger charge is 2.07. The highest BCUT2D eigenvalue weighted by atomic mass is 16.5. The van der Waals surface area contributed by atoms with Crippen molar-refractivity contribution in [2.24, 2.45) is 5.73 Å². The number of nitrogens with zero attached hydrogens (tertiary/aromatic N) is 1. The molecule has 0 spiro atoms. The quantitative estimate of drug-likeness (QED) is 0.656. The van der Waals surface area contributed by atoms with E-state index in [4.69, 9.17) is 5.73 Å². The number of carbonyl (C=O) groups excluding carboxylic acids is 2. The van der Waals surface area contributed by atoms with Crippen LogP contribution in [0.25, 0.3) is 0 Å². The smallest absolute Gasteiger partial charge is 0.338 e. The number of ether oxygens (including phenoxy) is 1. The lowest BCUT2D eigenvalue weighted by atomic mass is 10.2. The molecule has 1 heterocycles. The second-order valence-corrected chi connectivity index (χ2v) is 2.84. The van der Waals surface area contributed by atoms with Gasteiger partial charge in [0.25, 0.3) is 5.56 Å². The Bertz CT molecular complexity index is 450. The van der Waals surface area contributed by atoms with Gasteiger partial charge in [0.2, 0.25) is 5.91 Å². The molecule has 1 rings (SSSR count). The summed E-state index contributed by atoms with van der Waals surface area (Å²) in [5, 5.41) is 0. The van der Waals surface area contributed by atoms with E-state index in [1.807, 2.05) is 0 Å². The summed E-state index contributed by atoms with van der Waals surface area (Å²) in [5.74, 6) is -1.22. The van der Waals surface area contributed by atoms with Gasteiger partial charge in [-0.2, -0.15) is 0 Å². The number of pyridine rings is 1. The number of nitrogens with two attached hydrogens (primary N) is 1. The van der Waals surface area contributed by atoms with Crippen molar-refractivity contribution in [2.75, 3.05) is 7.11 Å². The average molecular weight is 210 g/mol. The second kappa shape index (κ2) is 4.41. The van der Waals surface area contributed by atoms with E-state index in [0.29, 0.717) is 0 Å². The van der Waals surface area contributed by atoms with Crippen LogP contribution in [0.1, 0.15) is 10.4 Å². The number of rotatable bonds is 3. The van der Waals surface area contributed by atoms with Crippen molar-refractivity contribution in [3.05, 3.63) is 34.2 Å². The molecule has 0 aromatic carbocycles. The standard InChI is InChI=1S/C9H10N2O4/c1-15-9(14)6-2-3-11(5-7(10)12)8(13)4-6/h2-4H,5H2,1H3,(H2,10,12). The lowest BCUT2D eigenvalue weighted by Crippen LogP contribution is -2.27. The van der Waals surface area contributed by atoms with E-state index in [1.54, 1.807) is 0 Å². The minimum absolute atomic E-state index is 0.142. The molecule has 1 aromatic rings. The average Bonchev–Trinajstić information content (AvgIpc) is 2.19. The zero-order valence-electron chi connectivity index (χ0n) is 8.10. The minimum Gasteiger partial charge on any atom is -0.465 e. The summed E-state index contributed by atoms with van der Waals surface area (Å²) in [7, 11) is 1.22. The zero-order valence-corrected chi connectivity index (χ0v) is 8.10. The fraction of sp³-hybridized carbons (Fsp3) is 0.222. The first kappa shape index (κ1) is 11.0. The largest absolute Gasteiger partial charge is 0.465 e. The molecular formula is C9H10N2O4. The van der Waals surface area contributed by atoms with E-state index < -0.39 is 17.4 Å². The summed E-state index contributed by atoms with van der Waals surface area (Å²) >= 11 is 0. The molecule has 0 aliphatic rings. The number of carbonyl (C=O) groups is 2. The normalized spacial score (nSPS) is 9.67. The topological polar surface area (TPSA) is 91.4 Å². The fourth-order valence-corrected chi connectivity index (χ4v) is 1.05. The Morgan fingerprint density at radius 2 is 2.20 bits per heavy atom. The number of methoxy groups -OCH3 is 1. The minimum atomic E-state index is -0.622. The summed E-state index contributed by atoms with van der Waals surface area (Å²) in [5.41, 5.74) is 4.59. The first-order valence-corrected chi connectivity index (χ1v) is 4.11. The Balaban J connectivity index is 3.03. The molecule has 0 fully saturated rings. The summed E-state index contributed by atoms with van der Waals surface area (Å²) in [6.07, 6.45) is 1.32. The van der Waals surface area contributed by atoms with Gasteiger partial charge in [-0.15, -0.1) is 0 Å². The van der Waals surface area contributed by atoms with Gasteiger partial charge in [-0.25, -0.2) is 4.79 Å². The van der Waals surface area contributed by atoms with Crippen molar-refractivity contribution in [3.63, 3.8) is 0 Å². The van der Waals surface area contributed by atoms with Crippen LogP contribution in [-0.2, 0) is 16.1 Å². The monoisotopic (exact) mass is 210 g/mol. The van der Waals surface area contributed by atoms with Crippen LogP contribution in [0, 0.1) is 0 Å². The molecule has 0 aliphatic carbocycles. The highest BCUT2D eigenvalue weighted by molar-refractivity contribution is 5.89. The van der Waals surface area contributed by atoms with Crippen molar-refractivity contribution in [3.8, 4) is 0 Å². The number of hydrogen-bond acceptors (Lipinski definition) is 4. The molecular weight excluding hydrogens is 200 g/mol. The van der Waals surface area contributed by atoms with E-state index in [-0.39, 0.29) is 12.1 Å². The molecule has 6 nitrogen and oxygen atoms in total. The lowest BCUT2D eigenvalue weighted by Gasteiger charge is -2.03. The predicted octanol–water partition coefficient (Wildman–Crippen LogP) is -0.880. The number of aromatic nitrogens is 1. The Hall–Kier alpha value is -2.11. The lowest BCUT2D eigenvalue weighted by molar-refractivity contribution is -0.118. The summed E-state index contributed by atoms with van der Waals surface area (Å²) < 4.78 is 5.54. The van der Waals surface area contributed by atoms with Gasteiger partial charge < -0.3 is 15.0 Å². The van der Waals surface area contributed by atoms with E-state index >= 15 is 0 Å². The Morgan fingerprint density at radius 3 is 2.67 bits per heavy atom. The van der Waals surface area contributed by atoms with Crippen molar-refractivity contribution >= 4 is 11.9 Å². The molecule has 80 valence electrons. The number of primary amides is 1. The van der Waals surface area contributed by atoms with Gasteiger partial charge in [-0.1, -0.05) is 0 Å². The Labute approximate surface area is 85.3 Å². The molecule has 1 amide bonds. The zero-order chi connectivity index (χ0) is 11.4. The SMILES string of the molecule is COC(=O)c1ccn(CC(N)=O)c(=O)c1. The van der Waals surface area contributed by atoms with Gasteiger partial charge in [0.15, 0.2) is 0 Å². The number of amides is 1. The van der Waals surface area contributed by atoms with Crippen LogP contribution in [0.2, 0.25) is 0 Å². The van der Waals surface area contributed by atoms with Gasteiger partial charge >= 0.3 is 5.97 Å². The Morgan fingerprint density at radius 1 is 1.53 bits per heavy atom. The van der Waals surface area contributed by atoms with Crippen LogP contribution in [0.3, 0.4) is 0 Å². The van der Waals surface area contributed by atoms with Crippen LogP contribution < -0.4 is 11.3 Å². The second-order valence-electron chi connectivity index (χ2n) is 2.84. The molecule has 0 aliphatic heterocycles. The molecule has 0 radical (unpaired) electrons. The summed E-state index contributed by atoms with van der Waals surface area (Å²) in [6, 6.07) is 2.48. The number of esters is 1. The van der Waals surface area contributed by atoms with E-state index in [1.165, 1.54) is 19.4 Å². The first-order chi connectivity index (χ1) is 7.04. The molecule has 0 saturated carbocycles. The summed E-state index contributed by atoms with van der Waals surface area (Å²) in [6.45, 7) is -0.208. The molecule has 6 heteroatoms. The maximum Gasteiger partial charge on any atom is 0.338 e. The van der Waals surface area contributed by atoms with Crippen molar-refractivity contribution < 1.29 is 14.3 Å². The third-order valence-electron chi connectivity index (χ3n) is 1.74. The third-order valence-corrected chi connectivity index (χ3v) is 1.74. The van der Waals surface area contributed by atoms with Crippen LogP contribution >= 0.6 is 0 Å². The number of hydrogen-bond donors (Lipinski definition) is 1. The fourth-order valence-electron chi connectivity index (χ4n) is 1.05. The molecule has 0 bridgehead atoms. The van der Waals surface area contributed by atoms with Crippen molar-refractivity contribution in [1.29, 1.82) is 0 Å². The molecule has 0 unspecified atom stereocenters. The van der Waals surface area contributed by atoms with E-state index in [0.717, 1.165) is 10.6 Å². The third kappa shape index (κ3) is 2.67. The van der Waals surface area contributed by atoms with Gasteiger partial charge in [0.1, 0.15) is 6.54 Å². The van der Waals surface area contributed by atoms with Gasteiger partial charge in [-0.3, -0.25) is 9.59 Å². The molecule has 2 N–H and O–H groups in total. The maximum absolute atomic E-state index is 11.3. The van der Waals surface area contributed by atoms with E-state index in [9.17, 15) is 14.4 Å². The molecule has 1 aromatic heterocycles. The van der Waals surface area contributed by atoms with Gasteiger partial charge in [0, 0.05) is 12.3 Å². The predicted molar refractivity (Wildman–Crippen MR) is 51.2 cm³/mol. The maximum atomic E-state index is 11.3. The molecule has 15 heavy (non-hydrogen) atoms. The van der Waals surface area contributed by atoms with Gasteiger partial charge in [-0.05, 0) is 6.07 Å². The molecule has 0 saturated heterocycles. The van der Waals surface area contributed by atoms with Crippen LogP contribution in [0.15, 0.2) is 23.1 Å². The highest BCUT2D eigenvalue weighted by Crippen LogP contribution is 1.96. The Kier molecular flexibility index (Phi) is 3.22.